The molecule has 0 aliphatic heterocycles. The summed E-state index contributed by atoms with van der Waals surface area (Å²) < 4.78 is 33.6. The molecule has 2 aromatic heterocycles. The zero-order chi connectivity index (χ0) is 21.3. The molecule has 0 saturated heterocycles. The number of anilines is 4. The van der Waals surface area contributed by atoms with E-state index in [2.05, 4.69) is 35.2 Å². The highest BCUT2D eigenvalue weighted by atomic mass is 35.5. The molecule has 1 aromatic carbocycles. The summed E-state index contributed by atoms with van der Waals surface area (Å²) in [4.78, 5) is 23.4. The van der Waals surface area contributed by atoms with Gasteiger partial charge in [0.15, 0.2) is 0 Å². The van der Waals surface area contributed by atoms with Crippen LogP contribution in [0.5, 0.6) is 0 Å². The molecule has 11 nitrogen and oxygen atoms in total. The van der Waals surface area contributed by atoms with Crippen molar-refractivity contribution in [3.8, 4) is 0 Å². The highest BCUT2D eigenvalue weighted by Crippen LogP contribution is 2.32. The van der Waals surface area contributed by atoms with Gasteiger partial charge in [0.05, 0.1) is 5.69 Å². The van der Waals surface area contributed by atoms with E-state index in [9.17, 15) is 13.0 Å². The van der Waals surface area contributed by atoms with Crippen molar-refractivity contribution in [3.05, 3.63) is 39.3 Å². The largest absolute Gasteiger partial charge is 0.324 e. The number of halogens is 4. The van der Waals surface area contributed by atoms with Crippen molar-refractivity contribution in [2.75, 3.05) is 17.3 Å². The van der Waals surface area contributed by atoms with Crippen LogP contribution in [0.4, 0.5) is 23.3 Å². The lowest BCUT2D eigenvalue weighted by molar-refractivity contribution is 0.483. The van der Waals surface area contributed by atoms with Crippen LogP contribution in [0.1, 0.15) is 0 Å². The maximum absolute atomic E-state index is 11.9. The van der Waals surface area contributed by atoms with Crippen LogP contribution < -0.4 is 10.2 Å². The van der Waals surface area contributed by atoms with Gasteiger partial charge in [0.25, 0.3) is 10.1 Å². The Morgan fingerprint density at radius 3 is 1.93 bits per heavy atom. The number of aromatic nitrogens is 6. The Balaban J connectivity index is 2.04. The third-order valence-corrected chi connectivity index (χ3v) is 4.86. The summed E-state index contributed by atoms with van der Waals surface area (Å²) in [6, 6.07) is 4.00. The quantitative estimate of drug-likeness (QED) is 0.499. The van der Waals surface area contributed by atoms with Crippen molar-refractivity contribution in [1.29, 1.82) is 0 Å². The number of nitrogens with one attached hydrogen (secondary N) is 1. The van der Waals surface area contributed by atoms with E-state index in [0.29, 0.717) is 0 Å². The second kappa shape index (κ2) is 8.34. The maximum atomic E-state index is 11.9. The van der Waals surface area contributed by atoms with E-state index in [0.717, 1.165) is 6.07 Å². The summed E-state index contributed by atoms with van der Waals surface area (Å²) in [6.07, 6.45) is 0. The molecule has 0 radical (unpaired) electrons. The third kappa shape index (κ3) is 5.29. The fourth-order valence-corrected chi connectivity index (χ4v) is 3.62. The Bertz CT molecular complexity index is 1160. The number of nitrogens with zero attached hydrogens (tertiary/aromatic N) is 7. The van der Waals surface area contributed by atoms with Gasteiger partial charge in [-0.2, -0.15) is 38.3 Å². The first-order valence-electron chi connectivity index (χ1n) is 7.29. The topological polar surface area (TPSA) is 147 Å². The second-order valence-corrected chi connectivity index (χ2v) is 7.95. The van der Waals surface area contributed by atoms with Gasteiger partial charge in [0.1, 0.15) is 4.90 Å². The molecule has 0 saturated carbocycles. The molecule has 3 rings (SSSR count). The number of rotatable bonds is 5. The van der Waals surface area contributed by atoms with E-state index in [1.165, 1.54) is 24.1 Å². The summed E-state index contributed by atoms with van der Waals surface area (Å²) in [5, 5.41) is 2.00. The Hall–Kier alpha value is -2.09. The first-order chi connectivity index (χ1) is 13.5. The van der Waals surface area contributed by atoms with Gasteiger partial charge < -0.3 is 10.2 Å². The van der Waals surface area contributed by atoms with Crippen LogP contribution in [-0.2, 0) is 10.1 Å². The predicted molar refractivity (Wildman–Crippen MR) is 107 cm³/mol. The molecule has 0 fully saturated rings. The van der Waals surface area contributed by atoms with Gasteiger partial charge in [-0.15, -0.1) is 0 Å². The molecule has 0 atom stereocenters. The normalized spacial score (nSPS) is 11.4. The molecular weight excluding hydrogens is 490 g/mol. The van der Waals surface area contributed by atoms with Crippen molar-refractivity contribution in [2.24, 2.45) is 0 Å². The first kappa shape index (κ1) is 21.6. The average molecular weight is 498 g/mol. The fraction of sp³-hybridized carbons (Fsp3) is 0.0769. The first-order valence-corrected chi connectivity index (χ1v) is 10.2. The molecular formula is C13H8Cl4N8O3S. The number of benzene rings is 1. The fourth-order valence-electron chi connectivity index (χ4n) is 2.16. The van der Waals surface area contributed by atoms with Crippen molar-refractivity contribution in [1.82, 2.24) is 29.9 Å². The lowest BCUT2D eigenvalue weighted by Crippen LogP contribution is -2.17. The molecule has 0 aliphatic rings. The van der Waals surface area contributed by atoms with Gasteiger partial charge in [-0.05, 0) is 64.6 Å². The van der Waals surface area contributed by atoms with Crippen LogP contribution in [0.3, 0.4) is 0 Å². The molecule has 0 bridgehead atoms. The van der Waals surface area contributed by atoms with Crippen LogP contribution in [0, 0.1) is 0 Å². The minimum atomic E-state index is -4.66. The van der Waals surface area contributed by atoms with Crippen molar-refractivity contribution in [2.45, 2.75) is 4.90 Å². The molecule has 29 heavy (non-hydrogen) atoms. The van der Waals surface area contributed by atoms with E-state index in [-0.39, 0.29) is 44.4 Å². The van der Waals surface area contributed by atoms with Crippen molar-refractivity contribution >= 4 is 79.8 Å². The SMILES string of the molecule is CN(c1nc(Cl)nc(Cl)n1)c1ccc(Nc2nc(Cl)nc(Cl)n2)cc1S(=O)(=O)O. The smallest absolute Gasteiger partial charge is 0.296 e. The average Bonchev–Trinajstić information content (AvgIpc) is 2.58. The molecule has 0 spiro atoms. The van der Waals surface area contributed by atoms with Crippen LogP contribution in [0.25, 0.3) is 0 Å². The van der Waals surface area contributed by atoms with E-state index < -0.39 is 15.0 Å². The molecule has 0 aliphatic carbocycles. The van der Waals surface area contributed by atoms with Crippen molar-refractivity contribution < 1.29 is 13.0 Å². The Morgan fingerprint density at radius 1 is 0.897 bits per heavy atom. The monoisotopic (exact) mass is 496 g/mol. The van der Waals surface area contributed by atoms with Gasteiger partial charge in [0.2, 0.25) is 33.0 Å². The molecule has 3 aromatic rings. The van der Waals surface area contributed by atoms with E-state index in [1.54, 1.807) is 0 Å². The van der Waals surface area contributed by atoms with E-state index >= 15 is 0 Å². The summed E-state index contributed by atoms with van der Waals surface area (Å²) in [6.45, 7) is 0. The zero-order valence-electron chi connectivity index (χ0n) is 14.0. The van der Waals surface area contributed by atoms with Gasteiger partial charge in [0, 0.05) is 12.7 Å². The molecule has 2 heterocycles. The molecule has 16 heteroatoms. The van der Waals surface area contributed by atoms with Crippen LogP contribution in [-0.4, -0.2) is 49.9 Å². The maximum Gasteiger partial charge on any atom is 0.296 e. The minimum absolute atomic E-state index is 0.0306. The van der Waals surface area contributed by atoms with E-state index in [4.69, 9.17) is 46.4 Å². The summed E-state index contributed by atoms with van der Waals surface area (Å²) in [7, 11) is -3.21. The van der Waals surface area contributed by atoms with Crippen molar-refractivity contribution in [3.63, 3.8) is 0 Å². The van der Waals surface area contributed by atoms with Gasteiger partial charge in [-0.1, -0.05) is 0 Å². The van der Waals surface area contributed by atoms with Gasteiger partial charge in [-0.3, -0.25) is 4.55 Å². The predicted octanol–water partition coefficient (Wildman–Crippen LogP) is 3.43. The van der Waals surface area contributed by atoms with Crippen LogP contribution >= 0.6 is 46.4 Å². The van der Waals surface area contributed by atoms with E-state index in [1.807, 2.05) is 0 Å². The molecule has 152 valence electrons. The highest BCUT2D eigenvalue weighted by Gasteiger charge is 2.22. The Labute approximate surface area is 183 Å². The van der Waals surface area contributed by atoms with Crippen LogP contribution in [0.15, 0.2) is 23.1 Å². The summed E-state index contributed by atoms with van der Waals surface area (Å²) in [5.74, 6) is -0.0786. The summed E-state index contributed by atoms with van der Waals surface area (Å²) in [5.41, 5.74) is 0.239. The minimum Gasteiger partial charge on any atom is -0.324 e. The lowest BCUT2D eigenvalue weighted by atomic mass is 10.2. The Kier molecular flexibility index (Phi) is 6.22. The second-order valence-electron chi connectivity index (χ2n) is 5.21. The molecule has 2 N–H and O–H groups in total. The standard InChI is InChI=1S/C13H8Cl4N8O3S/c1-25(13-23-10(16)20-11(17)24-13)6-3-2-5(4-7(6)29(26,27)28)18-12-21-8(14)19-9(15)22-12/h2-4H,1H3,(H,26,27,28)(H,18,19,21,22). The highest BCUT2D eigenvalue weighted by molar-refractivity contribution is 7.86. The van der Waals surface area contributed by atoms with Gasteiger partial charge >= 0.3 is 0 Å². The molecule has 0 unspecified atom stereocenters. The van der Waals surface area contributed by atoms with Gasteiger partial charge in [-0.25, -0.2) is 0 Å². The third-order valence-electron chi connectivity index (χ3n) is 3.31. The summed E-state index contributed by atoms with van der Waals surface area (Å²) >= 11 is 22.9. The lowest BCUT2D eigenvalue weighted by Gasteiger charge is -2.20. The molecule has 0 amide bonds. The van der Waals surface area contributed by atoms with Crippen LogP contribution in [0.2, 0.25) is 21.1 Å². The Morgan fingerprint density at radius 2 is 1.41 bits per heavy atom. The zero-order valence-corrected chi connectivity index (χ0v) is 17.9. The number of hydrogen-bond acceptors (Lipinski definition) is 10. The number of hydrogen-bond donors (Lipinski definition) is 2.